The van der Waals surface area contributed by atoms with Crippen LogP contribution in [0.2, 0.25) is 0 Å². The van der Waals surface area contributed by atoms with Gasteiger partial charge >= 0.3 is 0 Å². The number of hydrogen-bond acceptors (Lipinski definition) is 4. The highest BCUT2D eigenvalue weighted by molar-refractivity contribution is 7.99. The fraction of sp³-hybridized carbons (Fsp3) is 0.217. The number of rotatable bonds is 5. The molecule has 0 spiro atoms. The number of ether oxygens (including phenoxy) is 1. The third-order valence-corrected chi connectivity index (χ3v) is 6.05. The van der Waals surface area contributed by atoms with Crippen LogP contribution in [-0.4, -0.2) is 36.0 Å². The first kappa shape index (κ1) is 18.6. The van der Waals surface area contributed by atoms with E-state index in [1.165, 1.54) is 17.3 Å². The molecule has 1 aromatic heterocycles. The van der Waals surface area contributed by atoms with E-state index in [1.54, 1.807) is 13.3 Å². The van der Waals surface area contributed by atoms with E-state index in [4.69, 9.17) is 4.74 Å². The lowest BCUT2D eigenvalue weighted by Crippen LogP contribution is -2.29. The van der Waals surface area contributed by atoms with Crippen LogP contribution >= 0.6 is 11.8 Å². The molecule has 4 rings (SSSR count). The molecule has 3 aromatic rings. The lowest BCUT2D eigenvalue weighted by atomic mass is 9.98. The van der Waals surface area contributed by atoms with Crippen LogP contribution in [0.4, 0.5) is 0 Å². The Morgan fingerprint density at radius 2 is 1.86 bits per heavy atom. The quantitative estimate of drug-likeness (QED) is 0.623. The Labute approximate surface area is 169 Å². The third kappa shape index (κ3) is 4.04. The maximum Gasteiger partial charge on any atom is 0.256 e. The van der Waals surface area contributed by atoms with Gasteiger partial charge in [-0.2, -0.15) is 0 Å². The summed E-state index contributed by atoms with van der Waals surface area (Å²) in [7, 11) is 1.67. The predicted octanol–water partition coefficient (Wildman–Crippen LogP) is 4.87. The summed E-state index contributed by atoms with van der Waals surface area (Å²) in [6, 6.07) is 21.9. The van der Waals surface area contributed by atoms with Crippen molar-refractivity contribution in [2.75, 3.05) is 20.2 Å². The van der Waals surface area contributed by atoms with Gasteiger partial charge in [-0.25, -0.2) is 4.98 Å². The molecule has 1 saturated heterocycles. The molecule has 1 atom stereocenters. The normalized spacial score (nSPS) is 16.2. The zero-order valence-electron chi connectivity index (χ0n) is 15.7. The zero-order valence-corrected chi connectivity index (χ0v) is 16.6. The molecule has 2 aromatic carbocycles. The molecule has 2 heterocycles. The summed E-state index contributed by atoms with van der Waals surface area (Å²) in [5.41, 5.74) is 1.92. The van der Waals surface area contributed by atoms with Crippen LogP contribution in [0.3, 0.4) is 0 Å². The van der Waals surface area contributed by atoms with Crippen molar-refractivity contribution in [2.24, 2.45) is 0 Å². The van der Waals surface area contributed by atoms with Gasteiger partial charge in [0, 0.05) is 30.1 Å². The average molecular weight is 391 g/mol. The second kappa shape index (κ2) is 8.48. The van der Waals surface area contributed by atoms with Gasteiger partial charge in [-0.3, -0.25) is 4.79 Å². The van der Waals surface area contributed by atoms with Crippen molar-refractivity contribution < 1.29 is 9.53 Å². The maximum absolute atomic E-state index is 13.2. The van der Waals surface area contributed by atoms with Crippen LogP contribution in [-0.2, 0) is 0 Å². The van der Waals surface area contributed by atoms with Crippen molar-refractivity contribution in [3.63, 3.8) is 0 Å². The fourth-order valence-electron chi connectivity index (χ4n) is 3.50. The van der Waals surface area contributed by atoms with Gasteiger partial charge in [0.05, 0.1) is 12.7 Å². The number of carbonyl (C=O) groups is 1. The second-order valence-corrected chi connectivity index (χ2v) is 7.84. The Morgan fingerprint density at radius 3 is 2.61 bits per heavy atom. The number of hydrogen-bond donors (Lipinski definition) is 0. The molecule has 0 aliphatic carbocycles. The van der Waals surface area contributed by atoms with Crippen LogP contribution in [0, 0.1) is 0 Å². The number of carbonyl (C=O) groups excluding carboxylic acids is 1. The SMILES string of the molecule is COc1ccc(C2CCN(C(=O)c3cccnc3Sc3ccccc3)C2)cc1. The van der Waals surface area contributed by atoms with E-state index < -0.39 is 0 Å². The van der Waals surface area contributed by atoms with E-state index in [0.29, 0.717) is 11.5 Å². The highest BCUT2D eigenvalue weighted by atomic mass is 32.2. The standard InChI is InChI=1S/C23H22N2O2S/c1-27-19-11-9-17(10-12-19)18-13-15-25(16-18)23(26)21-8-5-14-24-22(21)28-20-6-3-2-4-7-20/h2-12,14,18H,13,15-16H2,1H3. The minimum atomic E-state index is 0.0579. The zero-order chi connectivity index (χ0) is 19.3. The molecule has 1 fully saturated rings. The number of nitrogens with zero attached hydrogens (tertiary/aromatic N) is 2. The Morgan fingerprint density at radius 1 is 1.07 bits per heavy atom. The minimum Gasteiger partial charge on any atom is -0.497 e. The molecule has 1 unspecified atom stereocenters. The van der Waals surface area contributed by atoms with Crippen molar-refractivity contribution in [1.29, 1.82) is 0 Å². The third-order valence-electron chi connectivity index (χ3n) is 5.02. The first-order valence-corrected chi connectivity index (χ1v) is 10.2. The van der Waals surface area contributed by atoms with E-state index in [1.807, 2.05) is 59.5 Å². The molecule has 1 aliphatic rings. The van der Waals surface area contributed by atoms with E-state index in [2.05, 4.69) is 17.1 Å². The monoisotopic (exact) mass is 390 g/mol. The van der Waals surface area contributed by atoms with Gasteiger partial charge in [-0.1, -0.05) is 42.1 Å². The molecule has 28 heavy (non-hydrogen) atoms. The Hall–Kier alpha value is -2.79. The van der Waals surface area contributed by atoms with Crippen molar-refractivity contribution in [3.8, 4) is 5.75 Å². The lowest BCUT2D eigenvalue weighted by molar-refractivity contribution is 0.0786. The molecule has 142 valence electrons. The summed E-state index contributed by atoms with van der Waals surface area (Å²) in [5, 5.41) is 0.756. The summed E-state index contributed by atoms with van der Waals surface area (Å²) in [5.74, 6) is 1.27. The Bertz CT molecular complexity index is 944. The summed E-state index contributed by atoms with van der Waals surface area (Å²) in [4.78, 5) is 20.7. The van der Waals surface area contributed by atoms with Crippen molar-refractivity contribution in [1.82, 2.24) is 9.88 Å². The minimum absolute atomic E-state index is 0.0579. The van der Waals surface area contributed by atoms with Crippen LogP contribution in [0.5, 0.6) is 5.75 Å². The van der Waals surface area contributed by atoms with Crippen molar-refractivity contribution >= 4 is 17.7 Å². The van der Waals surface area contributed by atoms with E-state index in [-0.39, 0.29) is 5.91 Å². The number of methoxy groups -OCH3 is 1. The van der Waals surface area contributed by atoms with Crippen LogP contribution in [0.15, 0.2) is 82.8 Å². The van der Waals surface area contributed by atoms with E-state index >= 15 is 0 Å². The molecule has 5 heteroatoms. The molecular formula is C23H22N2O2S. The second-order valence-electron chi connectivity index (χ2n) is 6.78. The average Bonchev–Trinajstić information content (AvgIpc) is 3.25. The number of amides is 1. The van der Waals surface area contributed by atoms with Crippen LogP contribution in [0.25, 0.3) is 0 Å². The Kier molecular flexibility index (Phi) is 5.63. The van der Waals surface area contributed by atoms with Gasteiger partial charge < -0.3 is 9.64 Å². The van der Waals surface area contributed by atoms with Crippen molar-refractivity contribution in [2.45, 2.75) is 22.3 Å². The number of pyridine rings is 1. The van der Waals surface area contributed by atoms with Crippen LogP contribution < -0.4 is 4.74 Å². The summed E-state index contributed by atoms with van der Waals surface area (Å²) in [6.45, 7) is 1.50. The number of likely N-dealkylation sites (tertiary alicyclic amines) is 1. The van der Waals surface area contributed by atoms with E-state index in [0.717, 1.165) is 35.2 Å². The summed E-state index contributed by atoms with van der Waals surface area (Å²) in [6.07, 6.45) is 2.71. The number of aromatic nitrogens is 1. The highest BCUT2D eigenvalue weighted by Crippen LogP contribution is 2.32. The van der Waals surface area contributed by atoms with Gasteiger partial charge in [0.1, 0.15) is 10.8 Å². The smallest absolute Gasteiger partial charge is 0.256 e. The topological polar surface area (TPSA) is 42.4 Å². The van der Waals surface area contributed by atoms with Crippen LogP contribution in [0.1, 0.15) is 28.3 Å². The number of benzene rings is 2. The van der Waals surface area contributed by atoms with Gasteiger partial charge in [0.2, 0.25) is 0 Å². The molecule has 0 radical (unpaired) electrons. The first-order valence-electron chi connectivity index (χ1n) is 9.36. The lowest BCUT2D eigenvalue weighted by Gasteiger charge is -2.18. The van der Waals surface area contributed by atoms with Gasteiger partial charge in [-0.05, 0) is 48.4 Å². The van der Waals surface area contributed by atoms with Gasteiger partial charge in [-0.15, -0.1) is 0 Å². The molecular weight excluding hydrogens is 368 g/mol. The largest absolute Gasteiger partial charge is 0.497 e. The van der Waals surface area contributed by atoms with Gasteiger partial charge in [0.15, 0.2) is 0 Å². The molecule has 4 nitrogen and oxygen atoms in total. The maximum atomic E-state index is 13.2. The predicted molar refractivity (Wildman–Crippen MR) is 111 cm³/mol. The van der Waals surface area contributed by atoms with Gasteiger partial charge in [0.25, 0.3) is 5.91 Å². The fourth-order valence-corrected chi connectivity index (χ4v) is 4.39. The summed E-state index contributed by atoms with van der Waals surface area (Å²) < 4.78 is 5.24. The Balaban J connectivity index is 1.49. The molecule has 0 bridgehead atoms. The molecule has 1 amide bonds. The molecule has 0 saturated carbocycles. The molecule has 0 N–H and O–H groups in total. The highest BCUT2D eigenvalue weighted by Gasteiger charge is 2.29. The first-order chi connectivity index (χ1) is 13.7. The molecule has 1 aliphatic heterocycles. The van der Waals surface area contributed by atoms with E-state index in [9.17, 15) is 4.79 Å². The van der Waals surface area contributed by atoms with Crippen molar-refractivity contribution in [3.05, 3.63) is 84.1 Å². The summed E-state index contributed by atoms with van der Waals surface area (Å²) >= 11 is 1.53.